The molecule has 182 valence electrons. The molecule has 0 radical (unpaired) electrons. The van der Waals surface area contributed by atoms with Gasteiger partial charge in [-0.05, 0) is 48.7 Å². The largest absolute Gasteiger partial charge is 0.447 e. The van der Waals surface area contributed by atoms with Crippen LogP contribution in [0.5, 0.6) is 5.75 Å². The monoisotopic (exact) mass is 476 g/mol. The van der Waals surface area contributed by atoms with Crippen molar-refractivity contribution in [2.45, 2.75) is 32.9 Å². The molecule has 0 bridgehead atoms. The predicted molar refractivity (Wildman–Crippen MR) is 133 cm³/mol. The molecule has 3 aromatic rings. The van der Waals surface area contributed by atoms with Crippen molar-refractivity contribution in [3.05, 3.63) is 66.4 Å². The Kier molecular flexibility index (Phi) is 7.00. The van der Waals surface area contributed by atoms with Crippen LogP contribution in [0.2, 0.25) is 0 Å². The summed E-state index contributed by atoms with van der Waals surface area (Å²) in [6.45, 7) is 6.45. The van der Waals surface area contributed by atoms with Crippen LogP contribution in [0, 0.1) is 5.92 Å². The van der Waals surface area contributed by atoms with Crippen molar-refractivity contribution in [1.29, 1.82) is 0 Å². The SMILES string of the molecule is CC(C)[C@H]1COC(=O)N1c1ccnc(N[C@@H](C)c2ccc(Nc3cccc(OC(N)=O)c3)cc2)n1. The Morgan fingerprint density at radius 3 is 2.63 bits per heavy atom. The van der Waals surface area contributed by atoms with Crippen LogP contribution in [-0.2, 0) is 4.74 Å². The molecule has 0 spiro atoms. The molecular formula is C25H28N6O4. The number of hydrogen-bond donors (Lipinski definition) is 3. The third-order valence-corrected chi connectivity index (χ3v) is 5.66. The van der Waals surface area contributed by atoms with E-state index in [1.807, 2.05) is 51.1 Å². The summed E-state index contributed by atoms with van der Waals surface area (Å²) in [6.07, 6.45) is 0.377. The maximum absolute atomic E-state index is 12.3. The van der Waals surface area contributed by atoms with Gasteiger partial charge in [-0.15, -0.1) is 0 Å². The molecule has 2 aromatic carbocycles. The molecule has 2 heterocycles. The highest BCUT2D eigenvalue weighted by atomic mass is 16.6. The average Bonchev–Trinajstić information content (AvgIpc) is 3.21. The first-order valence-corrected chi connectivity index (χ1v) is 11.3. The van der Waals surface area contributed by atoms with E-state index in [4.69, 9.17) is 15.2 Å². The molecule has 10 heteroatoms. The van der Waals surface area contributed by atoms with E-state index in [0.717, 1.165) is 16.9 Å². The van der Waals surface area contributed by atoms with Gasteiger partial charge in [0, 0.05) is 23.6 Å². The van der Waals surface area contributed by atoms with Gasteiger partial charge in [-0.1, -0.05) is 32.0 Å². The van der Waals surface area contributed by atoms with Gasteiger partial charge in [0.05, 0.1) is 12.1 Å². The zero-order valence-electron chi connectivity index (χ0n) is 19.8. The van der Waals surface area contributed by atoms with E-state index < -0.39 is 12.2 Å². The van der Waals surface area contributed by atoms with E-state index in [0.29, 0.717) is 24.1 Å². The Morgan fingerprint density at radius 2 is 1.91 bits per heavy atom. The van der Waals surface area contributed by atoms with E-state index in [-0.39, 0.29) is 18.0 Å². The topological polar surface area (TPSA) is 132 Å². The third-order valence-electron chi connectivity index (χ3n) is 5.66. The third kappa shape index (κ3) is 5.78. The molecule has 0 aliphatic carbocycles. The second kappa shape index (κ2) is 10.3. The summed E-state index contributed by atoms with van der Waals surface area (Å²) in [5, 5.41) is 6.56. The lowest BCUT2D eigenvalue weighted by Gasteiger charge is -2.23. The van der Waals surface area contributed by atoms with Crippen molar-refractivity contribution in [3.63, 3.8) is 0 Å². The molecule has 1 aliphatic rings. The number of nitrogens with two attached hydrogens (primary N) is 1. The fourth-order valence-corrected chi connectivity index (χ4v) is 3.80. The molecule has 0 saturated carbocycles. The summed E-state index contributed by atoms with van der Waals surface area (Å²) in [5.74, 6) is 1.53. The van der Waals surface area contributed by atoms with Crippen molar-refractivity contribution in [1.82, 2.24) is 9.97 Å². The van der Waals surface area contributed by atoms with Crippen molar-refractivity contribution in [2.24, 2.45) is 11.7 Å². The fourth-order valence-electron chi connectivity index (χ4n) is 3.80. The number of carbonyl (C=O) groups is 2. The van der Waals surface area contributed by atoms with E-state index in [1.54, 1.807) is 35.4 Å². The number of primary amides is 1. The number of anilines is 4. The first-order valence-electron chi connectivity index (χ1n) is 11.3. The maximum Gasteiger partial charge on any atom is 0.415 e. The normalized spacial score (nSPS) is 16.1. The number of amides is 2. The second-order valence-electron chi connectivity index (χ2n) is 8.56. The highest BCUT2D eigenvalue weighted by Gasteiger charge is 2.37. The summed E-state index contributed by atoms with van der Waals surface area (Å²) in [4.78, 5) is 33.7. The van der Waals surface area contributed by atoms with Crippen LogP contribution >= 0.6 is 0 Å². The number of ether oxygens (including phenoxy) is 2. The lowest BCUT2D eigenvalue weighted by Crippen LogP contribution is -2.37. The number of carbonyl (C=O) groups excluding carboxylic acids is 2. The minimum absolute atomic E-state index is 0.0641. The Hall–Kier alpha value is -4.34. The number of aromatic nitrogens is 2. The van der Waals surface area contributed by atoms with Gasteiger partial charge < -0.3 is 25.8 Å². The van der Waals surface area contributed by atoms with Gasteiger partial charge in [0.15, 0.2) is 0 Å². The molecular weight excluding hydrogens is 448 g/mol. The minimum atomic E-state index is -0.859. The van der Waals surface area contributed by atoms with Crippen LogP contribution in [0.25, 0.3) is 0 Å². The summed E-state index contributed by atoms with van der Waals surface area (Å²) in [5.41, 5.74) is 7.72. The number of cyclic esters (lactones) is 1. The van der Waals surface area contributed by atoms with Gasteiger partial charge in [-0.2, -0.15) is 4.98 Å². The Bertz CT molecular complexity index is 1200. The highest BCUT2D eigenvalue weighted by Crippen LogP contribution is 2.27. The fraction of sp³-hybridized carbons (Fsp3) is 0.280. The van der Waals surface area contributed by atoms with E-state index in [1.165, 1.54) is 0 Å². The number of hydrogen-bond acceptors (Lipinski definition) is 8. The molecule has 1 saturated heterocycles. The Balaban J connectivity index is 1.42. The van der Waals surface area contributed by atoms with Crippen LogP contribution in [0.15, 0.2) is 60.8 Å². The lowest BCUT2D eigenvalue weighted by atomic mass is 10.0. The number of nitrogens with one attached hydrogen (secondary N) is 2. The highest BCUT2D eigenvalue weighted by molar-refractivity contribution is 5.89. The molecule has 0 unspecified atom stereocenters. The molecule has 4 N–H and O–H groups in total. The summed E-state index contributed by atoms with van der Waals surface area (Å²) in [6, 6.07) is 16.4. The average molecular weight is 477 g/mol. The van der Waals surface area contributed by atoms with Gasteiger partial charge >= 0.3 is 12.2 Å². The number of benzene rings is 2. The van der Waals surface area contributed by atoms with Gasteiger partial charge in [0.1, 0.15) is 18.2 Å². The first kappa shape index (κ1) is 23.8. The molecule has 1 aliphatic heterocycles. The number of rotatable bonds is 8. The maximum atomic E-state index is 12.3. The van der Waals surface area contributed by atoms with Crippen molar-refractivity contribution in [2.75, 3.05) is 22.1 Å². The minimum Gasteiger partial charge on any atom is -0.447 e. The zero-order valence-corrected chi connectivity index (χ0v) is 19.8. The van der Waals surface area contributed by atoms with E-state index >= 15 is 0 Å². The second-order valence-corrected chi connectivity index (χ2v) is 8.56. The van der Waals surface area contributed by atoms with E-state index in [9.17, 15) is 9.59 Å². The quantitative estimate of drug-likeness (QED) is 0.421. The Labute approximate surface area is 203 Å². The molecule has 2 amide bonds. The Morgan fingerprint density at radius 1 is 1.14 bits per heavy atom. The van der Waals surface area contributed by atoms with Gasteiger partial charge in [-0.3, -0.25) is 4.90 Å². The van der Waals surface area contributed by atoms with Crippen LogP contribution in [0.1, 0.15) is 32.4 Å². The van der Waals surface area contributed by atoms with Crippen LogP contribution in [-0.4, -0.2) is 34.8 Å². The van der Waals surface area contributed by atoms with Crippen LogP contribution in [0.4, 0.5) is 32.7 Å². The van der Waals surface area contributed by atoms with Crippen LogP contribution < -0.4 is 26.0 Å². The smallest absolute Gasteiger partial charge is 0.415 e. The van der Waals surface area contributed by atoms with Crippen LogP contribution in [0.3, 0.4) is 0 Å². The van der Waals surface area contributed by atoms with Crippen molar-refractivity contribution >= 4 is 35.3 Å². The standard InChI is InChI=1S/C25H28N6O4/c1-15(2)21-14-34-25(33)31(21)22-11-12-27-24(30-22)28-16(3)17-7-9-18(10-8-17)29-19-5-4-6-20(13-19)35-23(26)32/h4-13,15-16,21,29H,14H2,1-3H3,(H2,26,32)(H,27,28,30)/t16-,21+/m0/s1. The first-order chi connectivity index (χ1) is 16.8. The molecule has 10 nitrogen and oxygen atoms in total. The number of nitrogens with zero attached hydrogens (tertiary/aromatic N) is 3. The summed E-state index contributed by atoms with van der Waals surface area (Å²) in [7, 11) is 0. The van der Waals surface area contributed by atoms with Gasteiger partial charge in [0.2, 0.25) is 5.95 Å². The van der Waals surface area contributed by atoms with Crippen molar-refractivity contribution < 1.29 is 19.1 Å². The molecule has 35 heavy (non-hydrogen) atoms. The summed E-state index contributed by atoms with van der Waals surface area (Å²) < 4.78 is 10.1. The lowest BCUT2D eigenvalue weighted by molar-refractivity contribution is 0.177. The zero-order chi connectivity index (χ0) is 24.9. The molecule has 2 atom stereocenters. The molecule has 1 aromatic heterocycles. The predicted octanol–water partition coefficient (Wildman–Crippen LogP) is 4.83. The van der Waals surface area contributed by atoms with Gasteiger partial charge in [0.25, 0.3) is 0 Å². The van der Waals surface area contributed by atoms with E-state index in [2.05, 4.69) is 20.6 Å². The molecule has 1 fully saturated rings. The summed E-state index contributed by atoms with van der Waals surface area (Å²) >= 11 is 0. The van der Waals surface area contributed by atoms with Gasteiger partial charge in [-0.25, -0.2) is 14.6 Å². The van der Waals surface area contributed by atoms with Crippen molar-refractivity contribution in [3.8, 4) is 5.75 Å². The molecule has 4 rings (SSSR count).